The van der Waals surface area contributed by atoms with Crippen LogP contribution in [0.25, 0.3) is 0 Å². The third kappa shape index (κ3) is 1.77. The lowest BCUT2D eigenvalue weighted by atomic mass is 10.2. The third-order valence-corrected chi connectivity index (χ3v) is 3.34. The normalized spacial score (nSPS) is 11.3. The quantitative estimate of drug-likeness (QED) is 0.773. The van der Waals surface area contributed by atoms with Gasteiger partial charge in [0.25, 0.3) is 9.84 Å². The van der Waals surface area contributed by atoms with Gasteiger partial charge in [-0.3, -0.25) is 0 Å². The number of rotatable bonds is 1. The van der Waals surface area contributed by atoms with Crippen molar-refractivity contribution in [3.05, 3.63) is 29.3 Å². The van der Waals surface area contributed by atoms with Crippen molar-refractivity contribution in [2.24, 2.45) is 0 Å². The standard InChI is InChI=1S/C9H10O4S/c1-6-3-4-7(2)8(5-6)14(12,13)9(10)11/h3-5H,1-2H3,(H,10,11). The van der Waals surface area contributed by atoms with Gasteiger partial charge in [-0.2, -0.15) is 0 Å². The Kier molecular flexibility index (Phi) is 2.62. The molecule has 0 saturated carbocycles. The molecule has 0 aromatic heterocycles. The van der Waals surface area contributed by atoms with Crippen LogP contribution in [0.3, 0.4) is 0 Å². The van der Waals surface area contributed by atoms with Gasteiger partial charge in [0.2, 0.25) is 0 Å². The van der Waals surface area contributed by atoms with E-state index in [0.29, 0.717) is 5.56 Å². The second kappa shape index (κ2) is 3.42. The van der Waals surface area contributed by atoms with Crippen LogP contribution in [-0.4, -0.2) is 18.8 Å². The highest BCUT2D eigenvalue weighted by Gasteiger charge is 2.25. The van der Waals surface area contributed by atoms with Gasteiger partial charge in [-0.25, -0.2) is 13.2 Å². The van der Waals surface area contributed by atoms with Crippen molar-refractivity contribution in [2.75, 3.05) is 0 Å². The average Bonchev–Trinajstić information content (AvgIpc) is 2.08. The molecule has 0 unspecified atom stereocenters. The Balaban J connectivity index is 3.47. The largest absolute Gasteiger partial charge is 0.469 e. The van der Waals surface area contributed by atoms with Gasteiger partial charge in [0.1, 0.15) is 0 Å². The van der Waals surface area contributed by atoms with Crippen LogP contribution < -0.4 is 0 Å². The lowest BCUT2D eigenvalue weighted by Crippen LogP contribution is -2.13. The van der Waals surface area contributed by atoms with Crippen molar-refractivity contribution in [2.45, 2.75) is 18.7 Å². The van der Waals surface area contributed by atoms with Crippen LogP contribution in [0.4, 0.5) is 4.79 Å². The summed E-state index contributed by atoms with van der Waals surface area (Å²) in [5, 5.41) is 6.71. The predicted octanol–water partition coefficient (Wildman–Crippen LogP) is 1.76. The van der Waals surface area contributed by atoms with Gasteiger partial charge in [0, 0.05) is 0 Å². The van der Waals surface area contributed by atoms with Gasteiger partial charge >= 0.3 is 5.30 Å². The number of sulfone groups is 1. The van der Waals surface area contributed by atoms with Gasteiger partial charge < -0.3 is 5.11 Å². The Hall–Kier alpha value is -1.36. The maximum atomic E-state index is 11.3. The monoisotopic (exact) mass is 214 g/mol. The number of carboxylic acid groups (broad SMARTS) is 1. The van der Waals surface area contributed by atoms with Crippen molar-refractivity contribution in [3.63, 3.8) is 0 Å². The first-order valence-corrected chi connectivity index (χ1v) is 5.39. The summed E-state index contributed by atoms with van der Waals surface area (Å²) < 4.78 is 22.6. The Labute approximate surface area is 82.1 Å². The fourth-order valence-corrected chi connectivity index (χ4v) is 2.11. The van der Waals surface area contributed by atoms with E-state index in [1.807, 2.05) is 0 Å². The number of hydrogen-bond donors (Lipinski definition) is 1. The molecule has 0 aliphatic rings. The SMILES string of the molecule is Cc1ccc(C)c(S(=O)(=O)C(=O)O)c1. The van der Waals surface area contributed by atoms with Crippen LogP contribution in [-0.2, 0) is 9.84 Å². The topological polar surface area (TPSA) is 71.4 Å². The summed E-state index contributed by atoms with van der Waals surface area (Å²) in [5.41, 5.74) is 1.16. The molecule has 0 amide bonds. The van der Waals surface area contributed by atoms with Gasteiger partial charge in [0.15, 0.2) is 0 Å². The minimum atomic E-state index is -4.21. The predicted molar refractivity (Wildman–Crippen MR) is 51.1 cm³/mol. The van der Waals surface area contributed by atoms with E-state index >= 15 is 0 Å². The average molecular weight is 214 g/mol. The second-order valence-corrected chi connectivity index (χ2v) is 4.83. The van der Waals surface area contributed by atoms with Crippen LogP contribution >= 0.6 is 0 Å². The number of aryl methyl sites for hydroxylation is 2. The van der Waals surface area contributed by atoms with Crippen LogP contribution in [0.1, 0.15) is 11.1 Å². The van der Waals surface area contributed by atoms with Crippen LogP contribution in [0, 0.1) is 13.8 Å². The van der Waals surface area contributed by atoms with Gasteiger partial charge in [-0.05, 0) is 31.0 Å². The summed E-state index contributed by atoms with van der Waals surface area (Å²) in [7, 11) is -4.21. The molecule has 0 aliphatic carbocycles. The molecule has 1 aromatic rings. The van der Waals surface area contributed by atoms with Crippen molar-refractivity contribution < 1.29 is 18.3 Å². The molecular weight excluding hydrogens is 204 g/mol. The maximum Gasteiger partial charge on any atom is 0.427 e. The van der Waals surface area contributed by atoms with E-state index < -0.39 is 15.1 Å². The molecule has 14 heavy (non-hydrogen) atoms. The highest BCUT2D eigenvalue weighted by Crippen LogP contribution is 2.18. The maximum absolute atomic E-state index is 11.3. The zero-order chi connectivity index (χ0) is 10.9. The fourth-order valence-electron chi connectivity index (χ4n) is 1.09. The number of benzene rings is 1. The number of hydrogen-bond acceptors (Lipinski definition) is 3. The van der Waals surface area contributed by atoms with Crippen LogP contribution in [0.15, 0.2) is 23.1 Å². The molecule has 0 aliphatic heterocycles. The molecule has 5 heteroatoms. The van der Waals surface area contributed by atoms with E-state index in [9.17, 15) is 13.2 Å². The summed E-state index contributed by atoms with van der Waals surface area (Å²) in [5.74, 6) is 0. The third-order valence-electron chi connectivity index (χ3n) is 1.86. The summed E-state index contributed by atoms with van der Waals surface area (Å²) in [6.45, 7) is 3.27. The molecule has 1 aromatic carbocycles. The van der Waals surface area contributed by atoms with E-state index in [2.05, 4.69) is 0 Å². The molecule has 0 saturated heterocycles. The molecule has 4 nitrogen and oxygen atoms in total. The van der Waals surface area contributed by atoms with E-state index in [4.69, 9.17) is 5.11 Å². The molecule has 0 radical (unpaired) electrons. The van der Waals surface area contributed by atoms with Gasteiger partial charge in [-0.15, -0.1) is 0 Å². The van der Waals surface area contributed by atoms with E-state index in [0.717, 1.165) is 5.56 Å². The first kappa shape index (κ1) is 10.7. The molecule has 0 bridgehead atoms. The van der Waals surface area contributed by atoms with Crippen LogP contribution in [0.2, 0.25) is 0 Å². The zero-order valence-electron chi connectivity index (χ0n) is 7.81. The summed E-state index contributed by atoms with van der Waals surface area (Å²) >= 11 is 0. The molecule has 0 heterocycles. The smallest absolute Gasteiger partial charge is 0.427 e. The van der Waals surface area contributed by atoms with Gasteiger partial charge in [0.05, 0.1) is 4.90 Å². The zero-order valence-corrected chi connectivity index (χ0v) is 8.63. The summed E-state index contributed by atoms with van der Waals surface area (Å²) in [4.78, 5) is 10.4. The first-order chi connectivity index (χ1) is 6.35. The van der Waals surface area contributed by atoms with Crippen LogP contribution in [0.5, 0.6) is 0 Å². The molecule has 0 atom stereocenters. The fraction of sp³-hybridized carbons (Fsp3) is 0.222. The lowest BCUT2D eigenvalue weighted by molar-refractivity contribution is 0.219. The Bertz CT molecular complexity index is 474. The van der Waals surface area contributed by atoms with Crippen molar-refractivity contribution in [1.82, 2.24) is 0 Å². The van der Waals surface area contributed by atoms with E-state index in [1.54, 1.807) is 26.0 Å². The van der Waals surface area contributed by atoms with Crippen molar-refractivity contribution >= 4 is 15.1 Å². The van der Waals surface area contributed by atoms with E-state index in [-0.39, 0.29) is 4.90 Å². The number of carbonyl (C=O) groups is 1. The highest BCUT2D eigenvalue weighted by molar-refractivity contribution is 8.05. The molecule has 1 N–H and O–H groups in total. The Morgan fingerprint density at radius 2 is 1.86 bits per heavy atom. The first-order valence-electron chi connectivity index (χ1n) is 3.91. The molecule has 76 valence electrons. The molecular formula is C9H10O4S. The van der Waals surface area contributed by atoms with Crippen molar-refractivity contribution in [3.8, 4) is 0 Å². The Morgan fingerprint density at radius 1 is 1.29 bits per heavy atom. The molecule has 0 spiro atoms. The molecule has 0 fully saturated rings. The molecule has 1 rings (SSSR count). The van der Waals surface area contributed by atoms with E-state index in [1.165, 1.54) is 6.07 Å². The Morgan fingerprint density at radius 3 is 2.36 bits per heavy atom. The minimum Gasteiger partial charge on any atom is -0.469 e. The summed E-state index contributed by atoms with van der Waals surface area (Å²) in [6, 6.07) is 4.68. The highest BCUT2D eigenvalue weighted by atomic mass is 32.2. The van der Waals surface area contributed by atoms with Gasteiger partial charge in [-0.1, -0.05) is 12.1 Å². The summed E-state index contributed by atoms with van der Waals surface area (Å²) in [6.07, 6.45) is 0. The second-order valence-electron chi connectivity index (χ2n) is 3.04. The minimum absolute atomic E-state index is 0.134. The lowest BCUT2D eigenvalue weighted by Gasteiger charge is -2.04. The van der Waals surface area contributed by atoms with Crippen molar-refractivity contribution in [1.29, 1.82) is 0 Å².